The van der Waals surface area contributed by atoms with Crippen molar-refractivity contribution in [1.29, 1.82) is 0 Å². The fourth-order valence-corrected chi connectivity index (χ4v) is 5.53. The Balaban J connectivity index is 0.00000182. The van der Waals surface area contributed by atoms with Gasteiger partial charge in [0.15, 0.2) is 11.5 Å². The van der Waals surface area contributed by atoms with Crippen LogP contribution in [-0.4, -0.2) is 28.2 Å². The summed E-state index contributed by atoms with van der Waals surface area (Å²) in [6.07, 6.45) is 6.48. The van der Waals surface area contributed by atoms with E-state index >= 15 is 0 Å². The smallest absolute Gasteiger partial charge is 0.224 e. The zero-order chi connectivity index (χ0) is 16.9. The number of hydrogen-bond donors (Lipinski definition) is 4. The second kappa shape index (κ2) is 6.69. The molecule has 5 N–H and O–H groups in total. The fourth-order valence-electron chi connectivity index (χ4n) is 5.53. The van der Waals surface area contributed by atoms with E-state index in [2.05, 4.69) is 5.32 Å². The van der Waals surface area contributed by atoms with Crippen LogP contribution in [0.2, 0.25) is 0 Å². The first-order chi connectivity index (χ1) is 11.4. The summed E-state index contributed by atoms with van der Waals surface area (Å²) >= 11 is 0. The molecule has 4 aliphatic rings. The molecule has 0 spiro atoms. The summed E-state index contributed by atoms with van der Waals surface area (Å²) in [6, 6.07) is 4.48. The lowest BCUT2D eigenvalue weighted by Gasteiger charge is -2.59. The zero-order valence-electron chi connectivity index (χ0n) is 14.3. The van der Waals surface area contributed by atoms with Crippen molar-refractivity contribution in [2.75, 3.05) is 6.54 Å². The Labute approximate surface area is 154 Å². The van der Waals surface area contributed by atoms with Crippen LogP contribution in [0.1, 0.15) is 37.7 Å². The number of nitrogens with two attached hydrogens (primary N) is 1. The molecule has 1 aromatic rings. The Morgan fingerprint density at radius 2 is 1.68 bits per heavy atom. The molecule has 6 heteroatoms. The molecular weight excluding hydrogens is 340 g/mol. The van der Waals surface area contributed by atoms with Gasteiger partial charge in [0, 0.05) is 12.1 Å². The normalized spacial score (nSPS) is 35.2. The number of hydrogen-bond acceptors (Lipinski definition) is 4. The quantitative estimate of drug-likeness (QED) is 0.615. The van der Waals surface area contributed by atoms with E-state index in [0.717, 1.165) is 11.8 Å². The van der Waals surface area contributed by atoms with Crippen molar-refractivity contribution in [3.8, 4) is 11.5 Å². The van der Waals surface area contributed by atoms with Gasteiger partial charge in [0.05, 0.1) is 6.42 Å². The van der Waals surface area contributed by atoms with Gasteiger partial charge in [-0.25, -0.2) is 0 Å². The zero-order valence-corrected chi connectivity index (χ0v) is 15.1. The first kappa shape index (κ1) is 18.3. The van der Waals surface area contributed by atoms with Crippen molar-refractivity contribution < 1.29 is 15.0 Å². The number of carbonyl (C=O) groups excluding carboxylic acids is 1. The SMILES string of the molecule is Cl.NC1(CNC(=O)Cc2ccc(O)c(O)c2)C2CC3CC(C2)CC1C3. The van der Waals surface area contributed by atoms with Crippen LogP contribution in [0.25, 0.3) is 0 Å². The number of carbonyl (C=O) groups is 1. The minimum absolute atomic E-state index is 0. The summed E-state index contributed by atoms with van der Waals surface area (Å²) in [6.45, 7) is 0.546. The molecule has 0 aliphatic heterocycles. The van der Waals surface area contributed by atoms with E-state index in [9.17, 15) is 15.0 Å². The average molecular weight is 367 g/mol. The average Bonchev–Trinajstić information content (AvgIpc) is 2.54. The Bertz CT molecular complexity index is 636. The van der Waals surface area contributed by atoms with Crippen molar-refractivity contribution >= 4 is 18.3 Å². The van der Waals surface area contributed by atoms with Gasteiger partial charge in [0.2, 0.25) is 5.91 Å². The molecule has 0 aromatic heterocycles. The number of nitrogens with one attached hydrogen (secondary N) is 1. The monoisotopic (exact) mass is 366 g/mol. The molecule has 0 atom stereocenters. The number of halogens is 1. The maximum Gasteiger partial charge on any atom is 0.224 e. The van der Waals surface area contributed by atoms with Crippen LogP contribution in [0.4, 0.5) is 0 Å². The highest BCUT2D eigenvalue weighted by Crippen LogP contribution is 2.57. The third kappa shape index (κ3) is 3.32. The lowest BCUT2D eigenvalue weighted by molar-refractivity contribution is -0.122. The standard InChI is InChI=1S/C19H26N2O3.ClH/c20-19(14-4-12-3-13(6-14)7-15(19)5-12)10-21-18(24)9-11-1-2-16(22)17(23)8-11;/h1-2,8,12-15,22-23H,3-7,9-10,20H2,(H,21,24);1H. The van der Waals surface area contributed by atoms with Crippen LogP contribution in [0.15, 0.2) is 18.2 Å². The molecule has 4 bridgehead atoms. The van der Waals surface area contributed by atoms with Crippen molar-refractivity contribution in [1.82, 2.24) is 5.32 Å². The van der Waals surface area contributed by atoms with Crippen LogP contribution in [-0.2, 0) is 11.2 Å². The molecule has 0 saturated heterocycles. The molecular formula is C19H27ClN2O3. The van der Waals surface area contributed by atoms with Crippen molar-refractivity contribution in [3.63, 3.8) is 0 Å². The van der Waals surface area contributed by atoms with Gasteiger partial charge in [-0.05, 0) is 73.5 Å². The lowest BCUT2D eigenvalue weighted by atomic mass is 9.49. The molecule has 1 aromatic carbocycles. The molecule has 4 saturated carbocycles. The maximum absolute atomic E-state index is 12.3. The molecule has 138 valence electrons. The predicted molar refractivity (Wildman–Crippen MR) is 97.7 cm³/mol. The number of phenols is 2. The third-order valence-corrected chi connectivity index (χ3v) is 6.65. The third-order valence-electron chi connectivity index (χ3n) is 6.65. The predicted octanol–water partition coefficient (Wildman–Crippen LogP) is 2.33. The highest BCUT2D eigenvalue weighted by atomic mass is 35.5. The van der Waals surface area contributed by atoms with Gasteiger partial charge >= 0.3 is 0 Å². The van der Waals surface area contributed by atoms with Crippen molar-refractivity contribution in [2.24, 2.45) is 29.4 Å². The summed E-state index contributed by atoms with van der Waals surface area (Å²) < 4.78 is 0. The van der Waals surface area contributed by atoms with E-state index in [1.54, 1.807) is 6.07 Å². The summed E-state index contributed by atoms with van der Waals surface area (Å²) in [5, 5.41) is 21.9. The van der Waals surface area contributed by atoms with E-state index in [-0.39, 0.29) is 41.8 Å². The van der Waals surface area contributed by atoms with Crippen LogP contribution in [0.3, 0.4) is 0 Å². The van der Waals surface area contributed by atoms with Gasteiger partial charge < -0.3 is 21.3 Å². The Hall–Kier alpha value is -1.46. The van der Waals surface area contributed by atoms with E-state index in [0.29, 0.717) is 23.9 Å². The van der Waals surface area contributed by atoms with Gasteiger partial charge in [0.1, 0.15) is 0 Å². The molecule has 0 heterocycles. The molecule has 0 unspecified atom stereocenters. The molecule has 4 aliphatic carbocycles. The number of amides is 1. The van der Waals surface area contributed by atoms with Gasteiger partial charge in [-0.15, -0.1) is 12.4 Å². The first-order valence-corrected chi connectivity index (χ1v) is 9.00. The topological polar surface area (TPSA) is 95.6 Å². The molecule has 0 radical (unpaired) electrons. The molecule has 5 rings (SSSR count). The highest BCUT2D eigenvalue weighted by Gasteiger charge is 2.55. The van der Waals surface area contributed by atoms with E-state index in [4.69, 9.17) is 5.73 Å². The van der Waals surface area contributed by atoms with E-state index in [1.807, 2.05) is 0 Å². The molecule has 25 heavy (non-hydrogen) atoms. The van der Waals surface area contributed by atoms with Crippen LogP contribution in [0.5, 0.6) is 11.5 Å². The molecule has 5 nitrogen and oxygen atoms in total. The van der Waals surface area contributed by atoms with E-state index in [1.165, 1.54) is 44.2 Å². The van der Waals surface area contributed by atoms with Gasteiger partial charge in [-0.1, -0.05) is 6.07 Å². The number of benzene rings is 1. The van der Waals surface area contributed by atoms with E-state index < -0.39 is 0 Å². The summed E-state index contributed by atoms with van der Waals surface area (Å²) in [4.78, 5) is 12.3. The van der Waals surface area contributed by atoms with Crippen LogP contribution >= 0.6 is 12.4 Å². The van der Waals surface area contributed by atoms with Crippen LogP contribution in [0, 0.1) is 23.7 Å². The van der Waals surface area contributed by atoms with Crippen molar-refractivity contribution in [2.45, 2.75) is 44.1 Å². The largest absolute Gasteiger partial charge is 0.504 e. The Morgan fingerprint density at radius 3 is 2.24 bits per heavy atom. The second-order valence-corrected chi connectivity index (χ2v) is 8.19. The van der Waals surface area contributed by atoms with Gasteiger partial charge in [-0.3, -0.25) is 4.79 Å². The minimum Gasteiger partial charge on any atom is -0.504 e. The number of aromatic hydroxyl groups is 2. The highest BCUT2D eigenvalue weighted by molar-refractivity contribution is 5.85. The maximum atomic E-state index is 12.3. The Morgan fingerprint density at radius 1 is 1.08 bits per heavy atom. The summed E-state index contributed by atoms with van der Waals surface area (Å²) in [5.74, 6) is 2.36. The second-order valence-electron chi connectivity index (χ2n) is 8.19. The fraction of sp³-hybridized carbons (Fsp3) is 0.632. The van der Waals surface area contributed by atoms with Crippen LogP contribution < -0.4 is 11.1 Å². The molecule has 4 fully saturated rings. The number of rotatable bonds is 4. The first-order valence-electron chi connectivity index (χ1n) is 9.00. The molecule has 1 amide bonds. The summed E-state index contributed by atoms with van der Waals surface area (Å²) in [5.41, 5.74) is 7.22. The summed E-state index contributed by atoms with van der Waals surface area (Å²) in [7, 11) is 0. The Kier molecular flexibility index (Phi) is 4.91. The van der Waals surface area contributed by atoms with Gasteiger partial charge in [-0.2, -0.15) is 0 Å². The number of phenolic OH excluding ortho intramolecular Hbond substituents is 2. The van der Waals surface area contributed by atoms with Crippen molar-refractivity contribution in [3.05, 3.63) is 23.8 Å². The van der Waals surface area contributed by atoms with Gasteiger partial charge in [0.25, 0.3) is 0 Å². The lowest BCUT2D eigenvalue weighted by Crippen LogP contribution is -2.67. The minimum atomic E-state index is -0.250.